The van der Waals surface area contributed by atoms with E-state index in [2.05, 4.69) is 11.6 Å². The van der Waals surface area contributed by atoms with Gasteiger partial charge in [0, 0.05) is 11.1 Å². The van der Waals surface area contributed by atoms with Gasteiger partial charge in [-0.2, -0.15) is 0 Å². The van der Waals surface area contributed by atoms with Crippen molar-refractivity contribution in [2.24, 2.45) is 23.2 Å². The summed E-state index contributed by atoms with van der Waals surface area (Å²) < 4.78 is 29.0. The highest BCUT2D eigenvalue weighted by atomic mass is 35.5. The Hall–Kier alpha value is -0.290. The average molecular weight is 402 g/mol. The summed E-state index contributed by atoms with van der Waals surface area (Å²) in [7, 11) is -3.68. The number of nitrogens with one attached hydrogen (secondary N) is 1. The minimum atomic E-state index is -3.68. The van der Waals surface area contributed by atoms with E-state index < -0.39 is 10.0 Å². The predicted molar refractivity (Wildman–Crippen MR) is 101 cm³/mol. The number of hydrogen-bond donors (Lipinski definition) is 1. The van der Waals surface area contributed by atoms with E-state index in [0.29, 0.717) is 5.02 Å². The third-order valence-electron chi connectivity index (χ3n) is 6.71. The smallest absolute Gasteiger partial charge is 0.207 e. The van der Waals surface area contributed by atoms with Crippen LogP contribution >= 0.6 is 23.2 Å². The molecule has 3 nitrogen and oxygen atoms in total. The van der Waals surface area contributed by atoms with Gasteiger partial charge in [0.2, 0.25) is 10.0 Å². The quantitative estimate of drug-likeness (QED) is 0.730. The van der Waals surface area contributed by atoms with E-state index in [9.17, 15) is 8.42 Å². The average Bonchev–Trinajstić information content (AvgIpc) is 2.53. The molecule has 6 heteroatoms. The summed E-state index contributed by atoms with van der Waals surface area (Å²) in [6.45, 7) is 2.09. The van der Waals surface area contributed by atoms with Crippen molar-refractivity contribution in [1.29, 1.82) is 0 Å². The Labute approximate surface area is 160 Å². The molecule has 4 saturated carbocycles. The van der Waals surface area contributed by atoms with Crippen LogP contribution in [0.25, 0.3) is 0 Å². The number of hydrogen-bond acceptors (Lipinski definition) is 2. The van der Waals surface area contributed by atoms with Gasteiger partial charge in [-0.1, -0.05) is 30.1 Å². The first kappa shape index (κ1) is 18.1. The summed E-state index contributed by atoms with van der Waals surface area (Å²) in [6.07, 6.45) is 8.37. The van der Waals surface area contributed by atoms with Crippen LogP contribution in [0.1, 0.15) is 51.9 Å². The molecule has 0 amide bonds. The molecule has 0 radical (unpaired) electrons. The first-order valence-corrected chi connectivity index (χ1v) is 11.5. The zero-order valence-electron chi connectivity index (χ0n) is 14.5. The maximum absolute atomic E-state index is 13.0. The number of sulfonamides is 1. The van der Waals surface area contributed by atoms with Gasteiger partial charge in [-0.3, -0.25) is 0 Å². The van der Waals surface area contributed by atoms with Gasteiger partial charge in [-0.05, 0) is 86.3 Å². The lowest BCUT2D eigenvalue weighted by molar-refractivity contribution is -0.0704. The maximum Gasteiger partial charge on any atom is 0.242 e. The molecular weight excluding hydrogens is 377 g/mol. The Morgan fingerprint density at radius 3 is 2.20 bits per heavy atom. The standard InChI is InChI=1S/C19H25Cl2NO2S/c1-2-18(19-9-12-5-13(10-19)7-14(6-12)11-19)22-25(23,24)17-8-15(20)3-4-16(17)21/h3-4,8,12-14,18,22H,2,5-7,9-11H2,1H3/t12?,13?,14?,18-,19?/m1/s1. The Morgan fingerprint density at radius 2 is 1.68 bits per heavy atom. The van der Waals surface area contributed by atoms with E-state index in [1.807, 2.05) is 0 Å². The lowest BCUT2D eigenvalue weighted by atomic mass is 9.47. The van der Waals surface area contributed by atoms with Crippen molar-refractivity contribution in [2.75, 3.05) is 0 Å². The van der Waals surface area contributed by atoms with Crippen LogP contribution < -0.4 is 4.72 Å². The minimum Gasteiger partial charge on any atom is -0.207 e. The number of halogens is 2. The zero-order valence-corrected chi connectivity index (χ0v) is 16.8. The third-order valence-corrected chi connectivity index (χ3v) is 8.90. The van der Waals surface area contributed by atoms with Crippen LogP contribution in [0.3, 0.4) is 0 Å². The molecule has 0 aromatic heterocycles. The molecule has 4 aliphatic carbocycles. The molecule has 1 atom stereocenters. The summed E-state index contributed by atoms with van der Waals surface area (Å²) in [6, 6.07) is 4.57. The summed E-state index contributed by atoms with van der Waals surface area (Å²) in [5.74, 6) is 2.37. The van der Waals surface area contributed by atoms with Gasteiger partial charge in [0.15, 0.2) is 0 Å². The zero-order chi connectivity index (χ0) is 17.8. The van der Waals surface area contributed by atoms with E-state index in [4.69, 9.17) is 23.2 Å². The van der Waals surface area contributed by atoms with E-state index in [1.165, 1.54) is 44.6 Å². The van der Waals surface area contributed by atoms with Crippen molar-refractivity contribution in [3.05, 3.63) is 28.2 Å². The maximum atomic E-state index is 13.0. The third kappa shape index (κ3) is 3.24. The normalized spacial score (nSPS) is 35.1. The Balaban J connectivity index is 1.63. The fourth-order valence-electron chi connectivity index (χ4n) is 6.18. The highest BCUT2D eigenvalue weighted by molar-refractivity contribution is 7.89. The van der Waals surface area contributed by atoms with Gasteiger partial charge >= 0.3 is 0 Å². The molecule has 0 unspecified atom stereocenters. The molecule has 1 aromatic carbocycles. The first-order valence-electron chi connectivity index (χ1n) is 9.29. The predicted octanol–water partition coefficient (Wildman–Crippen LogP) is 5.27. The van der Waals surface area contributed by atoms with E-state index in [1.54, 1.807) is 12.1 Å². The molecular formula is C19H25Cl2NO2S. The van der Waals surface area contributed by atoms with Crippen molar-refractivity contribution in [3.8, 4) is 0 Å². The van der Waals surface area contributed by atoms with E-state index in [0.717, 1.165) is 24.2 Å². The lowest BCUT2D eigenvalue weighted by Crippen LogP contribution is -2.56. The van der Waals surface area contributed by atoms with E-state index >= 15 is 0 Å². The summed E-state index contributed by atoms with van der Waals surface area (Å²) >= 11 is 12.1. The van der Waals surface area contributed by atoms with Crippen molar-refractivity contribution in [3.63, 3.8) is 0 Å². The fraction of sp³-hybridized carbons (Fsp3) is 0.684. The first-order chi connectivity index (χ1) is 11.8. The van der Waals surface area contributed by atoms with Crippen LogP contribution in [0.4, 0.5) is 0 Å². The largest absolute Gasteiger partial charge is 0.242 e. The fourth-order valence-corrected chi connectivity index (χ4v) is 8.36. The summed E-state index contributed by atoms with van der Waals surface area (Å²) in [5, 5.41) is 0.602. The molecule has 0 aliphatic heterocycles. The Bertz CT molecular complexity index is 742. The second-order valence-corrected chi connectivity index (χ2v) is 11.0. The Kier molecular flexibility index (Phi) is 4.63. The molecule has 0 heterocycles. The molecule has 0 spiro atoms. The van der Waals surface area contributed by atoms with Crippen LogP contribution in [-0.2, 0) is 10.0 Å². The SMILES string of the molecule is CC[C@@H](NS(=O)(=O)c1cc(Cl)ccc1Cl)C12CC3CC(CC(C3)C1)C2. The highest BCUT2D eigenvalue weighted by Gasteiger charge is 2.54. The van der Waals surface area contributed by atoms with Crippen LogP contribution in [0.15, 0.2) is 23.1 Å². The van der Waals surface area contributed by atoms with Gasteiger partial charge in [-0.15, -0.1) is 0 Å². The van der Waals surface area contributed by atoms with Crippen LogP contribution in [0.2, 0.25) is 10.0 Å². The lowest BCUT2D eigenvalue weighted by Gasteiger charge is -2.59. The molecule has 1 N–H and O–H groups in total. The van der Waals surface area contributed by atoms with Crippen molar-refractivity contribution in [1.82, 2.24) is 4.72 Å². The second-order valence-electron chi connectivity index (χ2n) is 8.44. The van der Waals surface area contributed by atoms with Gasteiger partial charge < -0.3 is 0 Å². The number of benzene rings is 1. The number of rotatable bonds is 5. The molecule has 4 bridgehead atoms. The van der Waals surface area contributed by atoms with Gasteiger partial charge in [0.25, 0.3) is 0 Å². The minimum absolute atomic E-state index is 0.0269. The second kappa shape index (κ2) is 6.40. The monoisotopic (exact) mass is 401 g/mol. The highest BCUT2D eigenvalue weighted by Crippen LogP contribution is 2.61. The molecule has 138 valence electrons. The van der Waals surface area contributed by atoms with Crippen LogP contribution in [-0.4, -0.2) is 14.5 Å². The molecule has 5 rings (SSSR count). The Morgan fingerprint density at radius 1 is 1.12 bits per heavy atom. The molecule has 4 fully saturated rings. The van der Waals surface area contributed by atoms with E-state index in [-0.39, 0.29) is 21.4 Å². The van der Waals surface area contributed by atoms with Gasteiger partial charge in [0.05, 0.1) is 5.02 Å². The van der Waals surface area contributed by atoms with Crippen molar-refractivity contribution >= 4 is 33.2 Å². The van der Waals surface area contributed by atoms with Crippen molar-refractivity contribution in [2.45, 2.75) is 62.8 Å². The van der Waals surface area contributed by atoms with Gasteiger partial charge in [-0.25, -0.2) is 13.1 Å². The van der Waals surface area contributed by atoms with Crippen LogP contribution in [0, 0.1) is 23.2 Å². The van der Waals surface area contributed by atoms with Gasteiger partial charge in [0.1, 0.15) is 4.90 Å². The summed E-state index contributed by atoms with van der Waals surface area (Å²) in [5.41, 5.74) is 0.127. The molecule has 25 heavy (non-hydrogen) atoms. The van der Waals surface area contributed by atoms with Crippen LogP contribution in [0.5, 0.6) is 0 Å². The molecule has 0 saturated heterocycles. The molecule has 1 aromatic rings. The topological polar surface area (TPSA) is 46.2 Å². The molecule has 4 aliphatic rings. The summed E-state index contributed by atoms with van der Waals surface area (Å²) in [4.78, 5) is 0.0878. The van der Waals surface area contributed by atoms with Crippen molar-refractivity contribution < 1.29 is 8.42 Å².